The Labute approximate surface area is 173 Å². The summed E-state index contributed by atoms with van der Waals surface area (Å²) in [5.74, 6) is 0.271. The average molecular weight is 431 g/mol. The van der Waals surface area contributed by atoms with Crippen LogP contribution in [0.1, 0.15) is 11.7 Å². The van der Waals surface area contributed by atoms with Gasteiger partial charge in [0.1, 0.15) is 17.9 Å². The quantitative estimate of drug-likeness (QED) is 0.428. The number of nitrogens with zero attached hydrogens (tertiary/aromatic N) is 2. The maximum atomic E-state index is 12.4. The Balaban J connectivity index is 1.51. The Bertz CT molecular complexity index is 1150. The fourth-order valence-corrected chi connectivity index (χ4v) is 3.94. The molecule has 0 aliphatic carbocycles. The second kappa shape index (κ2) is 8.29. The number of fused-ring (bicyclic) bond motifs is 1. The summed E-state index contributed by atoms with van der Waals surface area (Å²) in [6.45, 7) is 0.269. The number of aliphatic hydroxyl groups is 1. The molecule has 154 valence electrons. The molecule has 0 aliphatic heterocycles. The number of hydrogen-bond acceptors (Lipinski definition) is 6. The van der Waals surface area contributed by atoms with Gasteiger partial charge in [0.05, 0.1) is 16.7 Å². The number of aliphatic hydroxyl groups excluding tert-OH is 1. The van der Waals surface area contributed by atoms with Crippen LogP contribution in [0.3, 0.4) is 0 Å². The number of rotatable bonds is 6. The summed E-state index contributed by atoms with van der Waals surface area (Å²) in [5.41, 5.74) is 1.42. The second-order valence-corrected chi connectivity index (χ2v) is 7.54. The van der Waals surface area contributed by atoms with Crippen LogP contribution in [-0.4, -0.2) is 28.0 Å². The molecule has 2 aromatic carbocycles. The van der Waals surface area contributed by atoms with Crippen LogP contribution in [0.5, 0.6) is 5.75 Å². The monoisotopic (exact) mass is 431 g/mol. The number of aromatic nitrogens is 2. The van der Waals surface area contributed by atoms with Crippen LogP contribution in [0.2, 0.25) is 0 Å². The van der Waals surface area contributed by atoms with Gasteiger partial charge in [-0.05, 0) is 35.2 Å². The molecule has 5 nitrogen and oxygen atoms in total. The molecular formula is C21H16F3N3O2S. The third-order valence-corrected chi connectivity index (χ3v) is 5.44. The van der Waals surface area contributed by atoms with Crippen molar-refractivity contribution in [3.63, 3.8) is 0 Å². The first-order valence-corrected chi connectivity index (χ1v) is 9.78. The van der Waals surface area contributed by atoms with Gasteiger partial charge in [0, 0.05) is 17.3 Å². The van der Waals surface area contributed by atoms with Crippen molar-refractivity contribution in [2.75, 3.05) is 11.9 Å². The van der Waals surface area contributed by atoms with E-state index in [2.05, 4.69) is 20.0 Å². The summed E-state index contributed by atoms with van der Waals surface area (Å²) in [4.78, 5) is 9.20. The molecule has 0 saturated heterocycles. The van der Waals surface area contributed by atoms with Crippen molar-refractivity contribution in [3.05, 3.63) is 72.6 Å². The number of halogens is 3. The zero-order valence-electron chi connectivity index (χ0n) is 15.4. The molecule has 0 fully saturated rings. The van der Waals surface area contributed by atoms with Gasteiger partial charge in [-0.15, -0.1) is 24.5 Å². The van der Waals surface area contributed by atoms with Gasteiger partial charge in [0.2, 0.25) is 0 Å². The molecule has 4 aromatic rings. The lowest BCUT2D eigenvalue weighted by atomic mass is 10.1. The molecule has 0 bridgehead atoms. The lowest BCUT2D eigenvalue weighted by Crippen LogP contribution is -2.16. The van der Waals surface area contributed by atoms with Crippen molar-refractivity contribution in [1.29, 1.82) is 0 Å². The Hall–Kier alpha value is -3.17. The summed E-state index contributed by atoms with van der Waals surface area (Å²) < 4.78 is 42.1. The minimum Gasteiger partial charge on any atom is -0.406 e. The summed E-state index contributed by atoms with van der Waals surface area (Å²) in [6.07, 6.45) is -4.03. The second-order valence-electron chi connectivity index (χ2n) is 6.45. The molecule has 1 atom stereocenters. The van der Waals surface area contributed by atoms with Gasteiger partial charge < -0.3 is 15.2 Å². The van der Waals surface area contributed by atoms with Crippen molar-refractivity contribution in [2.24, 2.45) is 0 Å². The SMILES string of the molecule is O[C@@H](CNc1cc(-c2cc3cc(OC(F)(F)F)ccc3s2)ncn1)c1ccccc1. The van der Waals surface area contributed by atoms with Crippen LogP contribution in [0.15, 0.2) is 67.0 Å². The van der Waals surface area contributed by atoms with E-state index in [9.17, 15) is 18.3 Å². The van der Waals surface area contributed by atoms with Crippen LogP contribution >= 0.6 is 11.3 Å². The van der Waals surface area contributed by atoms with E-state index >= 15 is 0 Å². The molecule has 0 amide bonds. The summed E-state index contributed by atoms with van der Waals surface area (Å²) in [6, 6.07) is 17.0. The fraction of sp³-hybridized carbons (Fsp3) is 0.143. The minimum atomic E-state index is -4.73. The van der Waals surface area contributed by atoms with E-state index in [1.807, 2.05) is 30.3 Å². The lowest BCUT2D eigenvalue weighted by molar-refractivity contribution is -0.274. The van der Waals surface area contributed by atoms with Crippen molar-refractivity contribution in [2.45, 2.75) is 12.5 Å². The highest BCUT2D eigenvalue weighted by molar-refractivity contribution is 7.22. The number of hydrogen-bond donors (Lipinski definition) is 2. The third kappa shape index (κ3) is 4.87. The van der Waals surface area contributed by atoms with Crippen LogP contribution in [-0.2, 0) is 0 Å². The Morgan fingerprint density at radius 1 is 1.03 bits per heavy atom. The summed E-state index contributed by atoms with van der Waals surface area (Å²) >= 11 is 1.40. The standard InChI is InChI=1S/C21H16F3N3O2S/c22-21(23,24)29-15-6-7-18-14(8-15)9-19(30-18)16-10-20(27-12-26-16)25-11-17(28)13-4-2-1-3-5-13/h1-10,12,17,28H,11H2,(H,25,26,27)/t17-/m0/s1. The average Bonchev–Trinajstić information content (AvgIpc) is 3.15. The molecule has 4 rings (SSSR count). The van der Waals surface area contributed by atoms with E-state index in [-0.39, 0.29) is 12.3 Å². The molecule has 9 heteroatoms. The van der Waals surface area contributed by atoms with Gasteiger partial charge in [0.15, 0.2) is 0 Å². The lowest BCUT2D eigenvalue weighted by Gasteiger charge is -2.12. The fourth-order valence-electron chi connectivity index (χ4n) is 2.93. The molecule has 0 unspecified atom stereocenters. The molecule has 0 spiro atoms. The number of benzene rings is 2. The Morgan fingerprint density at radius 3 is 2.60 bits per heavy atom. The Morgan fingerprint density at radius 2 is 1.83 bits per heavy atom. The predicted octanol–water partition coefficient (Wildman–Crippen LogP) is 5.40. The van der Waals surface area contributed by atoms with E-state index in [1.165, 1.54) is 29.8 Å². The van der Waals surface area contributed by atoms with Crippen molar-refractivity contribution in [1.82, 2.24) is 9.97 Å². The normalized spacial score (nSPS) is 12.7. The van der Waals surface area contributed by atoms with Gasteiger partial charge in [-0.25, -0.2) is 9.97 Å². The van der Waals surface area contributed by atoms with Gasteiger partial charge in [-0.2, -0.15) is 0 Å². The predicted molar refractivity (Wildman–Crippen MR) is 109 cm³/mol. The molecular weight excluding hydrogens is 415 g/mol. The molecule has 0 radical (unpaired) electrons. The van der Waals surface area contributed by atoms with Gasteiger partial charge >= 0.3 is 6.36 Å². The number of nitrogens with one attached hydrogen (secondary N) is 1. The van der Waals surface area contributed by atoms with Crippen molar-refractivity contribution in [3.8, 4) is 16.3 Å². The molecule has 2 aromatic heterocycles. The molecule has 0 aliphatic rings. The summed E-state index contributed by atoms with van der Waals surface area (Å²) in [7, 11) is 0. The van der Waals surface area contributed by atoms with Gasteiger partial charge in [0.25, 0.3) is 0 Å². The largest absolute Gasteiger partial charge is 0.573 e. The van der Waals surface area contributed by atoms with Crippen LogP contribution in [0, 0.1) is 0 Å². The number of ether oxygens (including phenoxy) is 1. The first kappa shape index (κ1) is 20.1. The molecule has 2 N–H and O–H groups in total. The van der Waals surface area contributed by atoms with E-state index in [0.717, 1.165) is 15.1 Å². The maximum absolute atomic E-state index is 12.4. The number of thiophene rings is 1. The van der Waals surface area contributed by atoms with Gasteiger partial charge in [-0.1, -0.05) is 30.3 Å². The van der Waals surface area contributed by atoms with E-state index in [0.29, 0.717) is 16.9 Å². The van der Waals surface area contributed by atoms with Crippen molar-refractivity contribution >= 4 is 27.2 Å². The topological polar surface area (TPSA) is 67.3 Å². The highest BCUT2D eigenvalue weighted by Crippen LogP contribution is 2.36. The third-order valence-electron chi connectivity index (χ3n) is 4.30. The van der Waals surface area contributed by atoms with Crippen LogP contribution in [0.25, 0.3) is 20.7 Å². The van der Waals surface area contributed by atoms with Crippen molar-refractivity contribution < 1.29 is 23.0 Å². The van der Waals surface area contributed by atoms with E-state index in [4.69, 9.17) is 0 Å². The maximum Gasteiger partial charge on any atom is 0.573 e. The van der Waals surface area contributed by atoms with Crippen LogP contribution in [0.4, 0.5) is 19.0 Å². The van der Waals surface area contributed by atoms with E-state index < -0.39 is 12.5 Å². The number of anilines is 1. The highest BCUT2D eigenvalue weighted by atomic mass is 32.1. The number of alkyl halides is 3. The first-order chi connectivity index (χ1) is 14.4. The Kier molecular flexibility index (Phi) is 5.56. The molecule has 0 saturated carbocycles. The first-order valence-electron chi connectivity index (χ1n) is 8.96. The van der Waals surface area contributed by atoms with Crippen LogP contribution < -0.4 is 10.1 Å². The van der Waals surface area contributed by atoms with Gasteiger partial charge in [-0.3, -0.25) is 0 Å². The molecule has 30 heavy (non-hydrogen) atoms. The highest BCUT2D eigenvalue weighted by Gasteiger charge is 2.31. The van der Waals surface area contributed by atoms with E-state index in [1.54, 1.807) is 18.2 Å². The zero-order chi connectivity index (χ0) is 21.1. The summed E-state index contributed by atoms with van der Waals surface area (Å²) in [5, 5.41) is 14.0. The smallest absolute Gasteiger partial charge is 0.406 e. The molecule has 2 heterocycles. The minimum absolute atomic E-state index is 0.265. The zero-order valence-corrected chi connectivity index (χ0v) is 16.2.